The summed E-state index contributed by atoms with van der Waals surface area (Å²) in [5, 5.41) is 5.67. The van der Waals surface area contributed by atoms with Gasteiger partial charge in [0.05, 0.1) is 12.1 Å². The summed E-state index contributed by atoms with van der Waals surface area (Å²) in [5.74, 6) is -0.0950. The molecule has 1 aromatic heterocycles. The van der Waals surface area contributed by atoms with Gasteiger partial charge in [0, 0.05) is 23.1 Å². The summed E-state index contributed by atoms with van der Waals surface area (Å²) in [6.07, 6.45) is 2.94. The first-order chi connectivity index (χ1) is 14.0. The minimum Gasteiger partial charge on any atom is -0.324 e. The lowest BCUT2D eigenvalue weighted by molar-refractivity contribution is -0.116. The summed E-state index contributed by atoms with van der Waals surface area (Å²) < 4.78 is 13.1. The molecule has 3 aromatic rings. The molecule has 0 bridgehead atoms. The van der Waals surface area contributed by atoms with Crippen molar-refractivity contribution in [2.75, 3.05) is 15.5 Å². The van der Waals surface area contributed by atoms with Crippen LogP contribution in [-0.4, -0.2) is 21.8 Å². The number of anilines is 5. The topological polar surface area (TPSA) is 87.2 Å². The van der Waals surface area contributed by atoms with E-state index in [0.29, 0.717) is 28.4 Å². The van der Waals surface area contributed by atoms with Crippen LogP contribution in [0, 0.1) is 5.82 Å². The molecular formula is C21H16FN5O2. The molecule has 0 fully saturated rings. The number of fused-ring (bicyclic) bond motifs is 1. The van der Waals surface area contributed by atoms with Crippen molar-refractivity contribution in [3.05, 3.63) is 78.8 Å². The molecule has 29 heavy (non-hydrogen) atoms. The number of halogens is 1. The van der Waals surface area contributed by atoms with Crippen molar-refractivity contribution in [2.24, 2.45) is 0 Å². The number of aromatic nitrogens is 2. The predicted octanol–water partition coefficient (Wildman–Crippen LogP) is 3.70. The molecule has 0 saturated heterocycles. The molecule has 7 nitrogen and oxygen atoms in total. The van der Waals surface area contributed by atoms with Gasteiger partial charge in [0.2, 0.25) is 17.8 Å². The molecule has 2 amide bonds. The molecule has 0 unspecified atom stereocenters. The maximum atomic E-state index is 13.1. The highest BCUT2D eigenvalue weighted by Crippen LogP contribution is 2.35. The fourth-order valence-corrected chi connectivity index (χ4v) is 2.98. The summed E-state index contributed by atoms with van der Waals surface area (Å²) in [7, 11) is 0. The van der Waals surface area contributed by atoms with Gasteiger partial charge in [-0.05, 0) is 48.5 Å². The average molecular weight is 389 g/mol. The maximum absolute atomic E-state index is 13.1. The van der Waals surface area contributed by atoms with Gasteiger partial charge in [-0.15, -0.1) is 0 Å². The van der Waals surface area contributed by atoms with E-state index >= 15 is 0 Å². The third-order valence-electron chi connectivity index (χ3n) is 4.30. The molecule has 2 N–H and O–H groups in total. The Bertz CT molecular complexity index is 1110. The standard InChI is InChI=1S/C21H16FN5O2/c1-2-18(28)24-16-4-3-5-17(11-16)27-19(29)10-13-12-23-21(26-20(13)27)25-15-8-6-14(22)7-9-15/h2-9,11-12H,1,10H2,(H,24,28)(H,23,25,26). The second-order valence-corrected chi connectivity index (χ2v) is 6.32. The lowest BCUT2D eigenvalue weighted by atomic mass is 10.2. The Morgan fingerprint density at radius 1 is 1.17 bits per heavy atom. The van der Waals surface area contributed by atoms with Crippen LogP contribution in [-0.2, 0) is 16.0 Å². The van der Waals surface area contributed by atoms with Crippen LogP contribution in [0.5, 0.6) is 0 Å². The molecule has 0 aliphatic carbocycles. The number of nitrogens with one attached hydrogen (secondary N) is 2. The minimum atomic E-state index is -0.344. The summed E-state index contributed by atoms with van der Waals surface area (Å²) in [4.78, 5) is 34.4. The van der Waals surface area contributed by atoms with E-state index in [2.05, 4.69) is 27.2 Å². The second kappa shape index (κ2) is 7.51. The Kier molecular flexibility index (Phi) is 4.74. The van der Waals surface area contributed by atoms with E-state index in [-0.39, 0.29) is 30.0 Å². The number of hydrogen-bond acceptors (Lipinski definition) is 5. The van der Waals surface area contributed by atoms with Crippen molar-refractivity contribution in [3.8, 4) is 0 Å². The molecule has 2 aromatic carbocycles. The van der Waals surface area contributed by atoms with Gasteiger partial charge < -0.3 is 10.6 Å². The van der Waals surface area contributed by atoms with Gasteiger partial charge in [-0.25, -0.2) is 9.37 Å². The number of rotatable bonds is 5. The fraction of sp³-hybridized carbons (Fsp3) is 0.0476. The molecule has 0 atom stereocenters. The minimum absolute atomic E-state index is 0.152. The zero-order chi connectivity index (χ0) is 20.4. The lowest BCUT2D eigenvalue weighted by Crippen LogP contribution is -2.22. The van der Waals surface area contributed by atoms with Crippen LogP contribution in [0.25, 0.3) is 0 Å². The van der Waals surface area contributed by atoms with Crippen LogP contribution >= 0.6 is 0 Å². The third-order valence-corrected chi connectivity index (χ3v) is 4.30. The number of carbonyl (C=O) groups excluding carboxylic acids is 2. The van der Waals surface area contributed by atoms with Crippen molar-refractivity contribution >= 4 is 40.6 Å². The van der Waals surface area contributed by atoms with Gasteiger partial charge in [-0.3, -0.25) is 14.5 Å². The van der Waals surface area contributed by atoms with E-state index in [1.807, 2.05) is 0 Å². The van der Waals surface area contributed by atoms with Gasteiger partial charge >= 0.3 is 0 Å². The number of nitrogens with zero attached hydrogens (tertiary/aromatic N) is 3. The lowest BCUT2D eigenvalue weighted by Gasteiger charge is -2.18. The van der Waals surface area contributed by atoms with Crippen molar-refractivity contribution in [3.63, 3.8) is 0 Å². The molecule has 4 rings (SSSR count). The zero-order valence-corrected chi connectivity index (χ0v) is 15.2. The van der Waals surface area contributed by atoms with E-state index in [9.17, 15) is 14.0 Å². The highest BCUT2D eigenvalue weighted by atomic mass is 19.1. The van der Waals surface area contributed by atoms with Crippen LogP contribution < -0.4 is 15.5 Å². The van der Waals surface area contributed by atoms with Gasteiger partial charge in [0.15, 0.2) is 0 Å². The van der Waals surface area contributed by atoms with Crippen LogP contribution in [0.2, 0.25) is 0 Å². The van der Waals surface area contributed by atoms with Crippen LogP contribution in [0.1, 0.15) is 5.56 Å². The van der Waals surface area contributed by atoms with Gasteiger partial charge in [-0.1, -0.05) is 12.6 Å². The molecular weight excluding hydrogens is 373 g/mol. The number of amides is 2. The fourth-order valence-electron chi connectivity index (χ4n) is 2.98. The smallest absolute Gasteiger partial charge is 0.247 e. The first-order valence-electron chi connectivity index (χ1n) is 8.78. The predicted molar refractivity (Wildman–Crippen MR) is 108 cm³/mol. The SMILES string of the molecule is C=CC(=O)Nc1cccc(N2C(=O)Cc3cnc(Nc4ccc(F)cc4)nc32)c1. The van der Waals surface area contributed by atoms with Gasteiger partial charge in [0.25, 0.3) is 0 Å². The molecule has 1 aliphatic heterocycles. The molecule has 0 spiro atoms. The summed E-state index contributed by atoms with van der Waals surface area (Å²) in [5.41, 5.74) is 2.42. The molecule has 1 aliphatic rings. The summed E-state index contributed by atoms with van der Waals surface area (Å²) in [6, 6.07) is 12.7. The van der Waals surface area contributed by atoms with E-state index in [1.165, 1.54) is 23.1 Å². The maximum Gasteiger partial charge on any atom is 0.247 e. The summed E-state index contributed by atoms with van der Waals surface area (Å²) >= 11 is 0. The number of carbonyl (C=O) groups is 2. The zero-order valence-electron chi connectivity index (χ0n) is 15.2. The van der Waals surface area contributed by atoms with Crippen molar-refractivity contribution in [1.82, 2.24) is 9.97 Å². The molecule has 0 radical (unpaired) electrons. The monoisotopic (exact) mass is 389 g/mol. The first kappa shape index (κ1) is 18.3. The average Bonchev–Trinajstić information content (AvgIpc) is 3.05. The van der Waals surface area contributed by atoms with Gasteiger partial charge in [-0.2, -0.15) is 4.98 Å². The molecule has 8 heteroatoms. The Morgan fingerprint density at radius 2 is 1.97 bits per heavy atom. The Morgan fingerprint density at radius 3 is 2.72 bits per heavy atom. The Hall–Kier alpha value is -4.07. The first-order valence-corrected chi connectivity index (χ1v) is 8.78. The van der Waals surface area contributed by atoms with Gasteiger partial charge in [0.1, 0.15) is 11.6 Å². The van der Waals surface area contributed by atoms with Crippen LogP contribution in [0.15, 0.2) is 67.4 Å². The van der Waals surface area contributed by atoms with Crippen LogP contribution in [0.3, 0.4) is 0 Å². The molecule has 144 valence electrons. The Labute approximate surface area is 165 Å². The van der Waals surface area contributed by atoms with E-state index in [0.717, 1.165) is 0 Å². The van der Waals surface area contributed by atoms with E-state index in [4.69, 9.17) is 0 Å². The number of hydrogen-bond donors (Lipinski definition) is 2. The quantitative estimate of drug-likeness (QED) is 0.650. The largest absolute Gasteiger partial charge is 0.324 e. The highest BCUT2D eigenvalue weighted by Gasteiger charge is 2.31. The number of benzene rings is 2. The summed E-state index contributed by atoms with van der Waals surface area (Å²) in [6.45, 7) is 3.43. The van der Waals surface area contributed by atoms with Crippen molar-refractivity contribution in [2.45, 2.75) is 6.42 Å². The van der Waals surface area contributed by atoms with Crippen molar-refractivity contribution < 1.29 is 14.0 Å². The second-order valence-electron chi connectivity index (χ2n) is 6.32. The van der Waals surface area contributed by atoms with E-state index < -0.39 is 0 Å². The van der Waals surface area contributed by atoms with Crippen molar-refractivity contribution in [1.29, 1.82) is 0 Å². The highest BCUT2D eigenvalue weighted by molar-refractivity contribution is 6.07. The molecule has 0 saturated carbocycles. The molecule has 2 heterocycles. The Balaban J connectivity index is 1.65. The van der Waals surface area contributed by atoms with Crippen LogP contribution in [0.4, 0.5) is 33.2 Å². The third kappa shape index (κ3) is 3.81. The normalized spacial score (nSPS) is 12.4. The van der Waals surface area contributed by atoms with E-state index in [1.54, 1.807) is 42.6 Å².